The number of halogens is 2. The van der Waals surface area contributed by atoms with Gasteiger partial charge >= 0.3 is 0 Å². The molecule has 2 rings (SSSR count). The number of nitrogens with two attached hydrogens (primary N) is 1. The highest BCUT2D eigenvalue weighted by Crippen LogP contribution is 2.16. The second-order valence-electron chi connectivity index (χ2n) is 4.28. The van der Waals surface area contributed by atoms with Gasteiger partial charge < -0.3 is 11.1 Å². The molecule has 0 bridgehead atoms. The predicted molar refractivity (Wildman–Crippen MR) is 79.6 cm³/mol. The maximum absolute atomic E-state index is 13.4. The Morgan fingerprint density at radius 2 is 1.90 bits per heavy atom. The molecule has 0 fully saturated rings. The maximum Gasteiger partial charge on any atom is 0.251 e. The first kappa shape index (κ1) is 14.7. The summed E-state index contributed by atoms with van der Waals surface area (Å²) in [5.74, 6) is -0.775. The molecule has 2 aromatic rings. The molecule has 0 aliphatic rings. The average molecular weight is 337 g/mol. The second kappa shape index (κ2) is 6.63. The van der Waals surface area contributed by atoms with Gasteiger partial charge in [0, 0.05) is 18.7 Å². The minimum absolute atomic E-state index is 0.288. The van der Waals surface area contributed by atoms with Crippen molar-refractivity contribution in [1.82, 2.24) is 5.32 Å². The molecule has 2 aromatic carbocycles. The first-order valence-corrected chi connectivity index (χ1v) is 6.91. The van der Waals surface area contributed by atoms with Crippen LogP contribution in [0.15, 0.2) is 46.9 Å². The minimum atomic E-state index is -0.458. The third-order valence-electron chi connectivity index (χ3n) is 2.96. The summed E-state index contributed by atoms with van der Waals surface area (Å²) < 4.78 is 13.7. The molecule has 3 nitrogen and oxygen atoms in total. The summed E-state index contributed by atoms with van der Waals surface area (Å²) in [6.45, 7) is 0.781. The van der Waals surface area contributed by atoms with Gasteiger partial charge in [-0.3, -0.25) is 4.79 Å². The molecule has 0 atom stereocenters. The van der Waals surface area contributed by atoms with Gasteiger partial charge in [-0.2, -0.15) is 0 Å². The number of nitrogens with one attached hydrogen (secondary N) is 1. The van der Waals surface area contributed by atoms with Crippen molar-refractivity contribution in [2.75, 3.05) is 0 Å². The number of carbonyl (C=O) groups excluding carboxylic acids is 1. The largest absolute Gasteiger partial charge is 0.348 e. The SMILES string of the molecule is NCc1ccccc1CNC(=O)c1ccc(Br)c(F)c1. The van der Waals surface area contributed by atoms with Crippen LogP contribution >= 0.6 is 15.9 Å². The summed E-state index contributed by atoms with van der Waals surface area (Å²) in [5.41, 5.74) is 7.87. The summed E-state index contributed by atoms with van der Waals surface area (Å²) in [7, 11) is 0. The van der Waals surface area contributed by atoms with Crippen LogP contribution in [0.5, 0.6) is 0 Å². The van der Waals surface area contributed by atoms with Crippen molar-refractivity contribution < 1.29 is 9.18 Å². The molecule has 0 saturated heterocycles. The van der Waals surface area contributed by atoms with E-state index in [1.165, 1.54) is 12.1 Å². The van der Waals surface area contributed by atoms with Crippen molar-refractivity contribution in [3.63, 3.8) is 0 Å². The Morgan fingerprint density at radius 3 is 2.55 bits per heavy atom. The summed E-state index contributed by atoms with van der Waals surface area (Å²) in [6.07, 6.45) is 0. The monoisotopic (exact) mass is 336 g/mol. The van der Waals surface area contributed by atoms with Crippen LogP contribution in [-0.4, -0.2) is 5.91 Å². The van der Waals surface area contributed by atoms with Crippen molar-refractivity contribution in [2.24, 2.45) is 5.73 Å². The first-order chi connectivity index (χ1) is 9.61. The molecule has 0 unspecified atom stereocenters. The third kappa shape index (κ3) is 3.43. The van der Waals surface area contributed by atoms with Gasteiger partial charge in [-0.15, -0.1) is 0 Å². The van der Waals surface area contributed by atoms with Crippen LogP contribution < -0.4 is 11.1 Å². The Balaban J connectivity index is 2.06. The first-order valence-electron chi connectivity index (χ1n) is 6.12. The quantitative estimate of drug-likeness (QED) is 0.901. The van der Waals surface area contributed by atoms with E-state index in [1.807, 2.05) is 24.3 Å². The Hall–Kier alpha value is -1.72. The smallest absolute Gasteiger partial charge is 0.251 e. The minimum Gasteiger partial charge on any atom is -0.348 e. The molecule has 104 valence electrons. The number of rotatable bonds is 4. The number of hydrogen-bond acceptors (Lipinski definition) is 2. The van der Waals surface area contributed by atoms with Crippen molar-refractivity contribution in [1.29, 1.82) is 0 Å². The molecule has 3 N–H and O–H groups in total. The van der Waals surface area contributed by atoms with E-state index in [1.54, 1.807) is 6.07 Å². The highest BCUT2D eigenvalue weighted by atomic mass is 79.9. The molecule has 20 heavy (non-hydrogen) atoms. The van der Waals surface area contributed by atoms with Crippen LogP contribution in [0.1, 0.15) is 21.5 Å². The van der Waals surface area contributed by atoms with Gasteiger partial charge in [-0.05, 0) is 45.3 Å². The van der Waals surface area contributed by atoms with Gasteiger partial charge in [-0.25, -0.2) is 4.39 Å². The number of benzene rings is 2. The molecular formula is C15H14BrFN2O. The predicted octanol–water partition coefficient (Wildman–Crippen LogP) is 2.98. The van der Waals surface area contributed by atoms with Gasteiger partial charge in [0.1, 0.15) is 5.82 Å². The van der Waals surface area contributed by atoms with Crippen molar-refractivity contribution in [3.05, 3.63) is 69.4 Å². The van der Waals surface area contributed by atoms with E-state index >= 15 is 0 Å². The van der Waals surface area contributed by atoms with Gasteiger partial charge in [-0.1, -0.05) is 24.3 Å². The lowest BCUT2D eigenvalue weighted by molar-refractivity contribution is 0.0950. The van der Waals surface area contributed by atoms with Crippen molar-refractivity contribution in [2.45, 2.75) is 13.1 Å². The van der Waals surface area contributed by atoms with Crippen molar-refractivity contribution >= 4 is 21.8 Å². The average Bonchev–Trinajstić information content (AvgIpc) is 2.47. The summed E-state index contributed by atoms with van der Waals surface area (Å²) in [4.78, 5) is 12.0. The molecule has 5 heteroatoms. The van der Waals surface area contributed by atoms with E-state index in [2.05, 4.69) is 21.2 Å². The zero-order valence-corrected chi connectivity index (χ0v) is 12.3. The highest BCUT2D eigenvalue weighted by Gasteiger charge is 2.09. The number of carbonyl (C=O) groups is 1. The van der Waals surface area contributed by atoms with Crippen LogP contribution in [0.25, 0.3) is 0 Å². The van der Waals surface area contributed by atoms with Gasteiger partial charge in [0.15, 0.2) is 0 Å². The summed E-state index contributed by atoms with van der Waals surface area (Å²) in [6, 6.07) is 11.9. The lowest BCUT2D eigenvalue weighted by atomic mass is 10.1. The molecular weight excluding hydrogens is 323 g/mol. The molecule has 0 radical (unpaired) electrons. The zero-order valence-electron chi connectivity index (χ0n) is 10.7. The fourth-order valence-corrected chi connectivity index (χ4v) is 2.09. The second-order valence-corrected chi connectivity index (χ2v) is 5.14. The summed E-state index contributed by atoms with van der Waals surface area (Å²) >= 11 is 3.05. The fraction of sp³-hybridized carbons (Fsp3) is 0.133. The fourth-order valence-electron chi connectivity index (χ4n) is 1.84. The van der Waals surface area contributed by atoms with Crippen molar-refractivity contribution in [3.8, 4) is 0 Å². The van der Waals surface area contributed by atoms with E-state index in [4.69, 9.17) is 5.73 Å². The highest BCUT2D eigenvalue weighted by molar-refractivity contribution is 9.10. The number of amides is 1. The topological polar surface area (TPSA) is 55.1 Å². The van der Waals surface area contributed by atoms with Gasteiger partial charge in [0.05, 0.1) is 4.47 Å². The molecule has 0 aromatic heterocycles. The van der Waals surface area contributed by atoms with E-state index in [0.29, 0.717) is 17.6 Å². The van der Waals surface area contributed by atoms with Crippen LogP contribution in [0, 0.1) is 5.82 Å². The van der Waals surface area contributed by atoms with E-state index in [-0.39, 0.29) is 11.5 Å². The molecule has 0 saturated carbocycles. The maximum atomic E-state index is 13.4. The Labute approximate surface area is 125 Å². The van der Waals surface area contributed by atoms with Crippen LogP contribution in [0.4, 0.5) is 4.39 Å². The normalized spacial score (nSPS) is 10.3. The van der Waals surface area contributed by atoms with Crippen LogP contribution in [-0.2, 0) is 13.1 Å². The molecule has 0 aliphatic heterocycles. The van der Waals surface area contributed by atoms with E-state index in [0.717, 1.165) is 11.1 Å². The van der Waals surface area contributed by atoms with E-state index in [9.17, 15) is 9.18 Å². The van der Waals surface area contributed by atoms with E-state index < -0.39 is 5.82 Å². The number of hydrogen-bond donors (Lipinski definition) is 2. The Kier molecular flexibility index (Phi) is 4.87. The van der Waals surface area contributed by atoms with Gasteiger partial charge in [0.2, 0.25) is 0 Å². The zero-order chi connectivity index (χ0) is 14.5. The van der Waals surface area contributed by atoms with Gasteiger partial charge in [0.25, 0.3) is 5.91 Å². The Bertz CT molecular complexity index is 631. The Morgan fingerprint density at radius 1 is 1.20 bits per heavy atom. The third-order valence-corrected chi connectivity index (χ3v) is 3.60. The standard InChI is InChI=1S/C15H14BrFN2O/c16-13-6-5-10(7-14(13)17)15(20)19-9-12-4-2-1-3-11(12)8-18/h1-7H,8-9,18H2,(H,19,20). The summed E-state index contributed by atoms with van der Waals surface area (Å²) in [5, 5.41) is 2.76. The molecule has 1 amide bonds. The molecule has 0 heterocycles. The molecule has 0 spiro atoms. The van der Waals surface area contributed by atoms with Crippen LogP contribution in [0.2, 0.25) is 0 Å². The molecule has 0 aliphatic carbocycles. The lowest BCUT2D eigenvalue weighted by Crippen LogP contribution is -2.23. The lowest BCUT2D eigenvalue weighted by Gasteiger charge is -2.09. The van der Waals surface area contributed by atoms with Crippen LogP contribution in [0.3, 0.4) is 0 Å².